The first-order valence-electron chi connectivity index (χ1n) is 4.58. The average Bonchev–Trinajstić information content (AvgIpc) is 2.10. The van der Waals surface area contributed by atoms with Crippen molar-refractivity contribution in [1.82, 2.24) is 0 Å². The van der Waals surface area contributed by atoms with Crippen LogP contribution < -0.4 is 0 Å². The van der Waals surface area contributed by atoms with Gasteiger partial charge in [0.2, 0.25) is 4.75 Å². The summed E-state index contributed by atoms with van der Waals surface area (Å²) in [6, 6.07) is 0. The van der Waals surface area contributed by atoms with E-state index in [1.165, 1.54) is 13.8 Å². The molecule has 94 valence electrons. The molecule has 0 radical (unpaired) electrons. The van der Waals surface area contributed by atoms with E-state index in [4.69, 9.17) is 14.8 Å². The van der Waals surface area contributed by atoms with Gasteiger partial charge in [0.1, 0.15) is 0 Å². The lowest BCUT2D eigenvalue weighted by Crippen LogP contribution is -2.54. The first-order chi connectivity index (χ1) is 7.15. The van der Waals surface area contributed by atoms with E-state index >= 15 is 0 Å². The molecule has 2 atom stereocenters. The third kappa shape index (κ3) is 2.17. The molecule has 0 aromatic heterocycles. The third-order valence-corrected chi connectivity index (χ3v) is 4.29. The zero-order valence-corrected chi connectivity index (χ0v) is 9.69. The third-order valence-electron chi connectivity index (χ3n) is 2.62. The Balaban J connectivity index is 5.92. The number of carboxylic acid groups (broad SMARTS) is 2. The van der Waals surface area contributed by atoms with Crippen molar-refractivity contribution in [3.63, 3.8) is 0 Å². The van der Waals surface area contributed by atoms with Crippen LogP contribution in [0.2, 0.25) is 0 Å². The summed E-state index contributed by atoms with van der Waals surface area (Å²) in [6.07, 6.45) is -0.735. The van der Waals surface area contributed by atoms with E-state index in [-0.39, 0.29) is 6.42 Å². The summed E-state index contributed by atoms with van der Waals surface area (Å²) in [5.41, 5.74) is 0. The molecule has 2 unspecified atom stereocenters. The standard InChI is InChI=1S/C8H14O7S/c1-3-5(6(9)10)8(4-2,7(11)12)16(13,14)15/h5H,3-4H2,1-2H3,(H,9,10)(H,11,12)(H,13,14,15). The molecular weight excluding hydrogens is 240 g/mol. The molecule has 0 heterocycles. The minimum Gasteiger partial charge on any atom is -0.481 e. The van der Waals surface area contributed by atoms with Crippen LogP contribution in [0.25, 0.3) is 0 Å². The van der Waals surface area contributed by atoms with Crippen LogP contribution in [-0.2, 0) is 19.7 Å². The number of hydrogen-bond acceptors (Lipinski definition) is 4. The van der Waals surface area contributed by atoms with Crippen LogP contribution in [0.1, 0.15) is 26.7 Å². The van der Waals surface area contributed by atoms with Crippen molar-refractivity contribution in [3.8, 4) is 0 Å². The van der Waals surface area contributed by atoms with Crippen LogP contribution in [0.5, 0.6) is 0 Å². The van der Waals surface area contributed by atoms with Gasteiger partial charge in [-0.25, -0.2) is 0 Å². The van der Waals surface area contributed by atoms with Gasteiger partial charge >= 0.3 is 11.9 Å². The second-order valence-electron chi connectivity index (χ2n) is 3.32. The first kappa shape index (κ1) is 14.8. The Labute approximate surface area is 92.8 Å². The lowest BCUT2D eigenvalue weighted by Gasteiger charge is -2.29. The predicted molar refractivity (Wildman–Crippen MR) is 53.6 cm³/mol. The highest BCUT2D eigenvalue weighted by molar-refractivity contribution is 7.88. The lowest BCUT2D eigenvalue weighted by atomic mass is 9.87. The van der Waals surface area contributed by atoms with E-state index < -0.39 is 39.1 Å². The van der Waals surface area contributed by atoms with Crippen LogP contribution >= 0.6 is 0 Å². The van der Waals surface area contributed by atoms with Crippen LogP contribution in [0.15, 0.2) is 0 Å². The van der Waals surface area contributed by atoms with E-state index in [0.717, 1.165) is 0 Å². The fraction of sp³-hybridized carbons (Fsp3) is 0.750. The first-order valence-corrected chi connectivity index (χ1v) is 6.02. The van der Waals surface area contributed by atoms with E-state index in [9.17, 15) is 18.0 Å². The summed E-state index contributed by atoms with van der Waals surface area (Å²) in [4.78, 5) is 21.8. The molecule has 0 amide bonds. The molecule has 0 aliphatic carbocycles. The van der Waals surface area contributed by atoms with Gasteiger partial charge in [-0.05, 0) is 12.8 Å². The van der Waals surface area contributed by atoms with Crippen molar-refractivity contribution in [1.29, 1.82) is 0 Å². The Morgan fingerprint density at radius 1 is 1.25 bits per heavy atom. The molecule has 0 saturated carbocycles. The van der Waals surface area contributed by atoms with E-state index in [1.54, 1.807) is 0 Å². The molecule has 0 bridgehead atoms. The number of hydrogen-bond donors (Lipinski definition) is 3. The Kier molecular flexibility index (Phi) is 4.45. The molecule has 0 fully saturated rings. The zero-order chi connectivity index (χ0) is 13.1. The Morgan fingerprint density at radius 3 is 1.75 bits per heavy atom. The van der Waals surface area contributed by atoms with Crippen molar-refractivity contribution in [2.45, 2.75) is 31.4 Å². The predicted octanol–water partition coefficient (Wildman–Crippen LogP) is 0.218. The van der Waals surface area contributed by atoms with Crippen molar-refractivity contribution >= 4 is 22.1 Å². The lowest BCUT2D eigenvalue weighted by molar-refractivity contribution is -0.152. The fourth-order valence-corrected chi connectivity index (χ4v) is 2.94. The average molecular weight is 254 g/mol. The van der Waals surface area contributed by atoms with Crippen molar-refractivity contribution in [2.75, 3.05) is 0 Å². The quantitative estimate of drug-likeness (QED) is 0.578. The van der Waals surface area contributed by atoms with Gasteiger partial charge in [-0.2, -0.15) is 8.42 Å². The second kappa shape index (κ2) is 4.79. The van der Waals surface area contributed by atoms with Gasteiger partial charge in [0.15, 0.2) is 0 Å². The summed E-state index contributed by atoms with van der Waals surface area (Å²) in [5, 5.41) is 17.7. The fourth-order valence-electron chi connectivity index (χ4n) is 1.72. The van der Waals surface area contributed by atoms with Gasteiger partial charge in [0.05, 0.1) is 5.92 Å². The molecule has 16 heavy (non-hydrogen) atoms. The molecule has 0 aliphatic rings. The molecule has 0 rings (SSSR count). The highest BCUT2D eigenvalue weighted by atomic mass is 32.2. The van der Waals surface area contributed by atoms with Crippen LogP contribution in [0.4, 0.5) is 0 Å². The van der Waals surface area contributed by atoms with Crippen molar-refractivity contribution < 1.29 is 32.8 Å². The number of carbonyl (C=O) groups is 2. The summed E-state index contributed by atoms with van der Waals surface area (Å²) in [5.74, 6) is -5.11. The summed E-state index contributed by atoms with van der Waals surface area (Å²) >= 11 is 0. The second-order valence-corrected chi connectivity index (χ2v) is 5.00. The number of rotatable bonds is 6. The van der Waals surface area contributed by atoms with Gasteiger partial charge in [0.25, 0.3) is 10.1 Å². The SMILES string of the molecule is CCC(C(=O)O)C(CC)(C(=O)O)S(=O)(=O)O. The maximum Gasteiger partial charge on any atom is 0.328 e. The minimum atomic E-state index is -5.01. The zero-order valence-electron chi connectivity index (χ0n) is 8.87. The number of carboxylic acids is 2. The molecule has 8 heteroatoms. The highest BCUT2D eigenvalue weighted by Gasteiger charge is 2.57. The van der Waals surface area contributed by atoms with Crippen molar-refractivity contribution in [2.24, 2.45) is 5.92 Å². The highest BCUT2D eigenvalue weighted by Crippen LogP contribution is 2.33. The molecule has 7 nitrogen and oxygen atoms in total. The largest absolute Gasteiger partial charge is 0.481 e. The van der Waals surface area contributed by atoms with Gasteiger partial charge in [-0.1, -0.05) is 13.8 Å². The van der Waals surface area contributed by atoms with E-state index in [0.29, 0.717) is 0 Å². The molecule has 0 aromatic carbocycles. The van der Waals surface area contributed by atoms with Crippen LogP contribution in [0, 0.1) is 5.92 Å². The maximum absolute atomic E-state index is 11.1. The normalized spacial score (nSPS) is 17.4. The minimum absolute atomic E-state index is 0.213. The summed E-state index contributed by atoms with van der Waals surface area (Å²) in [7, 11) is -5.01. The molecular formula is C8H14O7S. The molecule has 0 saturated heterocycles. The van der Waals surface area contributed by atoms with E-state index in [2.05, 4.69) is 0 Å². The van der Waals surface area contributed by atoms with Gasteiger partial charge in [0, 0.05) is 0 Å². The molecule has 3 N–H and O–H groups in total. The summed E-state index contributed by atoms with van der Waals surface area (Å²) in [6.45, 7) is 2.55. The Morgan fingerprint density at radius 2 is 1.69 bits per heavy atom. The van der Waals surface area contributed by atoms with Gasteiger partial charge < -0.3 is 10.2 Å². The Bertz CT molecular complexity index is 385. The monoisotopic (exact) mass is 254 g/mol. The topological polar surface area (TPSA) is 129 Å². The van der Waals surface area contributed by atoms with Crippen molar-refractivity contribution in [3.05, 3.63) is 0 Å². The smallest absolute Gasteiger partial charge is 0.328 e. The molecule has 0 aromatic rings. The van der Waals surface area contributed by atoms with Gasteiger partial charge in [-0.15, -0.1) is 0 Å². The molecule has 0 aliphatic heterocycles. The molecule has 0 spiro atoms. The summed E-state index contributed by atoms with van der Waals surface area (Å²) < 4.78 is 28.6. The number of aliphatic carboxylic acids is 2. The van der Waals surface area contributed by atoms with E-state index in [1.807, 2.05) is 0 Å². The van der Waals surface area contributed by atoms with Gasteiger partial charge in [-0.3, -0.25) is 14.1 Å². The maximum atomic E-state index is 11.1. The van der Waals surface area contributed by atoms with Crippen LogP contribution in [0.3, 0.4) is 0 Å². The Hall–Kier alpha value is -1.15. The van der Waals surface area contributed by atoms with Crippen LogP contribution in [-0.4, -0.2) is 39.9 Å².